The van der Waals surface area contributed by atoms with Crippen molar-refractivity contribution in [3.8, 4) is 11.5 Å². The van der Waals surface area contributed by atoms with Crippen LogP contribution in [-0.4, -0.2) is 85.2 Å². The summed E-state index contributed by atoms with van der Waals surface area (Å²) in [7, 11) is 0. The maximum atomic E-state index is 13.7. The number of rotatable bonds is 16. The molecule has 0 bridgehead atoms. The number of nitrogens with zero attached hydrogens (tertiary/aromatic N) is 1. The normalized spacial score (nSPS) is 13.7. The molecule has 0 aliphatic rings. The summed E-state index contributed by atoms with van der Waals surface area (Å²) in [5.74, 6) is -2.72. The van der Waals surface area contributed by atoms with E-state index in [1.54, 1.807) is 24.3 Å². The van der Waals surface area contributed by atoms with Crippen LogP contribution < -0.4 is 21.7 Å². The second-order valence-corrected chi connectivity index (χ2v) is 10.9. The average Bonchev–Trinajstić information content (AvgIpc) is 3.49. The molecule has 14 heteroatoms. The Kier molecular flexibility index (Phi) is 12.4. The zero-order chi connectivity index (χ0) is 31.4. The van der Waals surface area contributed by atoms with Crippen LogP contribution in [0.25, 0.3) is 0 Å². The molecule has 3 rings (SSSR count). The second-order valence-electron chi connectivity index (χ2n) is 9.93. The molecule has 0 aliphatic carbocycles. The number of aromatic hydroxyl groups is 2. The molecule has 43 heavy (non-hydrogen) atoms. The molecule has 0 aliphatic heterocycles. The van der Waals surface area contributed by atoms with Gasteiger partial charge in [-0.05, 0) is 53.8 Å². The highest BCUT2D eigenvalue weighted by atomic mass is 32.2. The van der Waals surface area contributed by atoms with Gasteiger partial charge in [0.15, 0.2) is 0 Å². The van der Waals surface area contributed by atoms with E-state index in [-0.39, 0.29) is 37.2 Å². The fourth-order valence-electron chi connectivity index (χ4n) is 4.20. The van der Waals surface area contributed by atoms with Crippen LogP contribution in [-0.2, 0) is 38.4 Å². The van der Waals surface area contributed by atoms with Crippen LogP contribution in [0, 0.1) is 0 Å². The van der Waals surface area contributed by atoms with E-state index < -0.39 is 47.9 Å². The summed E-state index contributed by atoms with van der Waals surface area (Å²) in [6.45, 7) is 0. The van der Waals surface area contributed by atoms with E-state index in [9.17, 15) is 34.5 Å². The minimum absolute atomic E-state index is 0.00759. The summed E-state index contributed by atoms with van der Waals surface area (Å²) in [5.41, 5.74) is 7.92. The second kappa shape index (κ2) is 16.2. The van der Waals surface area contributed by atoms with E-state index >= 15 is 0 Å². The molecule has 1 heterocycles. The summed E-state index contributed by atoms with van der Waals surface area (Å²) in [4.78, 5) is 58.6. The molecule has 13 nitrogen and oxygen atoms in total. The number of aliphatic carboxylic acids is 1. The van der Waals surface area contributed by atoms with Crippen molar-refractivity contribution in [3.63, 3.8) is 0 Å². The lowest BCUT2D eigenvalue weighted by molar-refractivity contribution is -0.142. The lowest BCUT2D eigenvalue weighted by Gasteiger charge is -2.25. The fraction of sp³-hybridized carbons (Fsp3) is 0.345. The largest absolute Gasteiger partial charge is 0.508 e. The van der Waals surface area contributed by atoms with Gasteiger partial charge in [-0.1, -0.05) is 24.3 Å². The molecular formula is C29H36N6O7S. The molecule has 1 aromatic heterocycles. The van der Waals surface area contributed by atoms with Gasteiger partial charge in [0.2, 0.25) is 17.7 Å². The van der Waals surface area contributed by atoms with Crippen molar-refractivity contribution in [2.45, 2.75) is 49.9 Å². The van der Waals surface area contributed by atoms with E-state index in [2.05, 4.69) is 25.9 Å². The first kappa shape index (κ1) is 32.9. The Balaban J connectivity index is 1.84. The number of nitrogens with two attached hydrogens (primary N) is 1. The number of phenolic OH excluding ortho intramolecular Hbond substituents is 2. The summed E-state index contributed by atoms with van der Waals surface area (Å²) in [6, 6.07) is 7.51. The number of carboxylic acid groups (broad SMARTS) is 1. The minimum atomic E-state index is -1.22. The quantitative estimate of drug-likeness (QED) is 0.112. The van der Waals surface area contributed by atoms with Crippen molar-refractivity contribution in [3.05, 3.63) is 77.9 Å². The van der Waals surface area contributed by atoms with Crippen LogP contribution in [0.5, 0.6) is 11.5 Å². The molecule has 0 fully saturated rings. The number of aromatic amines is 1. The Hall–Kier alpha value is -4.56. The van der Waals surface area contributed by atoms with Gasteiger partial charge in [0.05, 0.1) is 12.4 Å². The van der Waals surface area contributed by atoms with Gasteiger partial charge in [-0.15, -0.1) is 0 Å². The van der Waals surface area contributed by atoms with Gasteiger partial charge in [-0.3, -0.25) is 14.4 Å². The smallest absolute Gasteiger partial charge is 0.326 e. The van der Waals surface area contributed by atoms with E-state index in [1.807, 2.05) is 6.26 Å². The van der Waals surface area contributed by atoms with Gasteiger partial charge in [0.1, 0.15) is 29.6 Å². The molecular weight excluding hydrogens is 576 g/mol. The van der Waals surface area contributed by atoms with E-state index in [0.717, 1.165) is 0 Å². The third-order valence-electron chi connectivity index (χ3n) is 6.57. The number of hydrogen-bond donors (Lipinski definition) is 8. The number of carboxylic acids is 1. The van der Waals surface area contributed by atoms with Crippen molar-refractivity contribution in [1.29, 1.82) is 0 Å². The summed E-state index contributed by atoms with van der Waals surface area (Å²) in [6.07, 6.45) is 5.10. The third-order valence-corrected chi connectivity index (χ3v) is 7.22. The Morgan fingerprint density at radius 2 is 1.30 bits per heavy atom. The Morgan fingerprint density at radius 1 is 0.814 bits per heavy atom. The van der Waals surface area contributed by atoms with Gasteiger partial charge < -0.3 is 42.0 Å². The standard InChI is InChI=1S/C29H36N6O7S/c1-43-11-10-23(29(41)42)33-27(39)25(13-18-4-8-21(37)9-5-18)35-28(40)24(12-17-2-6-20(36)7-3-17)34-26(38)22(30)14-19-15-31-16-32-19/h2-9,15-16,22-25,36-37H,10-14,30H2,1H3,(H,31,32)(H,33,39)(H,34,38)(H,35,40)(H,41,42). The SMILES string of the molecule is CSCCC(NC(=O)C(Cc1ccc(O)cc1)NC(=O)C(Cc1ccc(O)cc1)NC(=O)C(N)Cc1cnc[nH]1)C(=O)O. The zero-order valence-electron chi connectivity index (χ0n) is 23.5. The number of hydrogen-bond acceptors (Lipinski definition) is 9. The number of H-pyrrole nitrogens is 1. The van der Waals surface area contributed by atoms with Crippen LogP contribution in [0.4, 0.5) is 0 Å². The molecule has 3 aromatic rings. The number of nitrogens with one attached hydrogen (secondary N) is 4. The van der Waals surface area contributed by atoms with Gasteiger partial charge in [0, 0.05) is 31.2 Å². The first-order valence-corrected chi connectivity index (χ1v) is 14.9. The number of thioether (sulfide) groups is 1. The maximum absolute atomic E-state index is 13.7. The molecule has 0 radical (unpaired) electrons. The van der Waals surface area contributed by atoms with E-state index in [1.165, 1.54) is 48.6 Å². The third kappa shape index (κ3) is 10.7. The molecule has 0 saturated heterocycles. The van der Waals surface area contributed by atoms with Crippen LogP contribution in [0.1, 0.15) is 23.2 Å². The maximum Gasteiger partial charge on any atom is 0.326 e. The fourth-order valence-corrected chi connectivity index (χ4v) is 4.67. The first-order chi connectivity index (χ1) is 20.5. The Labute approximate surface area is 252 Å². The van der Waals surface area contributed by atoms with E-state index in [4.69, 9.17) is 5.73 Å². The predicted molar refractivity (Wildman–Crippen MR) is 160 cm³/mol. The van der Waals surface area contributed by atoms with Crippen LogP contribution in [0.2, 0.25) is 0 Å². The lowest BCUT2D eigenvalue weighted by atomic mass is 10.0. The first-order valence-electron chi connectivity index (χ1n) is 13.5. The zero-order valence-corrected chi connectivity index (χ0v) is 24.3. The van der Waals surface area contributed by atoms with E-state index in [0.29, 0.717) is 22.6 Å². The Bertz CT molecular complexity index is 1350. The molecule has 4 unspecified atom stereocenters. The highest BCUT2D eigenvalue weighted by molar-refractivity contribution is 7.98. The van der Waals surface area contributed by atoms with Gasteiger partial charge in [-0.2, -0.15) is 11.8 Å². The number of phenols is 2. The number of carbonyl (C=O) groups is 4. The summed E-state index contributed by atoms with van der Waals surface area (Å²) >= 11 is 1.43. The number of amides is 3. The topological polar surface area (TPSA) is 220 Å². The molecule has 230 valence electrons. The molecule has 0 saturated carbocycles. The molecule has 2 aromatic carbocycles. The number of imidazole rings is 1. The number of aromatic nitrogens is 2. The van der Waals surface area contributed by atoms with Gasteiger partial charge in [0.25, 0.3) is 0 Å². The number of carbonyl (C=O) groups excluding carboxylic acids is 3. The number of benzene rings is 2. The van der Waals surface area contributed by atoms with Gasteiger partial charge in [-0.25, -0.2) is 9.78 Å². The summed E-state index contributed by atoms with van der Waals surface area (Å²) < 4.78 is 0. The Morgan fingerprint density at radius 3 is 1.74 bits per heavy atom. The van der Waals surface area contributed by atoms with Crippen LogP contribution in [0.3, 0.4) is 0 Å². The summed E-state index contributed by atoms with van der Waals surface area (Å²) in [5, 5.41) is 36.8. The predicted octanol–water partition coefficient (Wildman–Crippen LogP) is 0.468. The molecule has 3 amide bonds. The minimum Gasteiger partial charge on any atom is -0.508 e. The monoisotopic (exact) mass is 612 g/mol. The van der Waals surface area contributed by atoms with Crippen molar-refractivity contribution >= 4 is 35.5 Å². The highest BCUT2D eigenvalue weighted by Gasteiger charge is 2.31. The van der Waals surface area contributed by atoms with Crippen LogP contribution >= 0.6 is 11.8 Å². The molecule has 0 spiro atoms. The van der Waals surface area contributed by atoms with Gasteiger partial charge >= 0.3 is 5.97 Å². The van der Waals surface area contributed by atoms with Crippen LogP contribution in [0.15, 0.2) is 61.1 Å². The van der Waals surface area contributed by atoms with Crippen molar-refractivity contribution < 1.29 is 34.5 Å². The van der Waals surface area contributed by atoms with Crippen molar-refractivity contribution in [2.24, 2.45) is 5.73 Å². The molecule has 9 N–H and O–H groups in total. The van der Waals surface area contributed by atoms with Crippen molar-refractivity contribution in [2.75, 3.05) is 12.0 Å². The highest BCUT2D eigenvalue weighted by Crippen LogP contribution is 2.14. The lowest BCUT2D eigenvalue weighted by Crippen LogP contribution is -2.58. The average molecular weight is 613 g/mol. The van der Waals surface area contributed by atoms with Crippen molar-refractivity contribution in [1.82, 2.24) is 25.9 Å². The molecule has 4 atom stereocenters.